The molecule has 0 aromatic heterocycles. The van der Waals surface area contributed by atoms with E-state index in [0.717, 1.165) is 0 Å². The van der Waals surface area contributed by atoms with Crippen LogP contribution in [0.1, 0.15) is 42.7 Å². The summed E-state index contributed by atoms with van der Waals surface area (Å²) < 4.78 is 5.10. The summed E-state index contributed by atoms with van der Waals surface area (Å²) in [7, 11) is 0. The van der Waals surface area contributed by atoms with E-state index in [0.29, 0.717) is 11.1 Å². The second kappa shape index (κ2) is 4.86. The monoisotopic (exact) mass is 282 g/mol. The Balaban J connectivity index is 2.06. The van der Waals surface area contributed by atoms with Crippen LogP contribution in [0, 0.1) is 0 Å². The van der Waals surface area contributed by atoms with Crippen molar-refractivity contribution in [3.8, 4) is 0 Å². The zero-order valence-electron chi connectivity index (χ0n) is 10.8. The molecule has 1 N–H and O–H groups in total. The van der Waals surface area contributed by atoms with Gasteiger partial charge in [0.25, 0.3) is 0 Å². The number of fused-ring (bicyclic) bond motifs is 1. The summed E-state index contributed by atoms with van der Waals surface area (Å²) in [5.74, 6) is -2.31. The number of esters is 1. The van der Waals surface area contributed by atoms with E-state index >= 15 is 0 Å². The normalized spacial score (nSPS) is 16.2. The number of aromatic carboxylic acids is 1. The Morgan fingerprint density at radius 1 is 0.952 bits per heavy atom. The molecule has 104 valence electrons. The fraction of sp³-hybridized carbons (Fsp3) is 0.0625. The third-order valence-electron chi connectivity index (χ3n) is 3.35. The highest BCUT2D eigenvalue weighted by Crippen LogP contribution is 2.33. The first-order valence-electron chi connectivity index (χ1n) is 6.26. The van der Waals surface area contributed by atoms with Crippen LogP contribution in [0.5, 0.6) is 0 Å². The van der Waals surface area contributed by atoms with E-state index in [9.17, 15) is 14.4 Å². The summed E-state index contributed by atoms with van der Waals surface area (Å²) in [5, 5.41) is 9.14. The third-order valence-corrected chi connectivity index (χ3v) is 3.35. The minimum atomic E-state index is -1.20. The van der Waals surface area contributed by atoms with Crippen molar-refractivity contribution in [2.75, 3.05) is 0 Å². The molecule has 0 saturated carbocycles. The number of carbonyl (C=O) groups excluding carboxylic acids is 2. The van der Waals surface area contributed by atoms with Crippen LogP contribution in [0.25, 0.3) is 0 Å². The summed E-state index contributed by atoms with van der Waals surface area (Å²) in [6.45, 7) is 0. The van der Waals surface area contributed by atoms with Crippen molar-refractivity contribution in [2.24, 2.45) is 0 Å². The molecule has 0 aliphatic carbocycles. The van der Waals surface area contributed by atoms with E-state index in [1.807, 2.05) is 0 Å². The minimum absolute atomic E-state index is 0.0273. The molecule has 1 aliphatic heterocycles. The molecule has 0 saturated heterocycles. The van der Waals surface area contributed by atoms with Gasteiger partial charge in [-0.2, -0.15) is 0 Å². The van der Waals surface area contributed by atoms with Crippen LogP contribution in [-0.4, -0.2) is 22.8 Å². The lowest BCUT2D eigenvalue weighted by atomic mass is 9.95. The van der Waals surface area contributed by atoms with Gasteiger partial charge in [-0.1, -0.05) is 36.4 Å². The molecule has 1 atom stereocenters. The van der Waals surface area contributed by atoms with E-state index in [2.05, 4.69) is 0 Å². The standard InChI is InChI=1S/C16H10O5/c17-13(9-5-1-3-7-11(9)15(18)19)14-10-6-2-4-8-12(10)16(20)21-14/h1-8,14H,(H,18,19)/t14-/m0/s1. The Morgan fingerprint density at radius 2 is 1.57 bits per heavy atom. The molecule has 0 radical (unpaired) electrons. The van der Waals surface area contributed by atoms with E-state index < -0.39 is 23.8 Å². The maximum atomic E-state index is 12.5. The number of carboxylic acid groups (broad SMARTS) is 1. The van der Waals surface area contributed by atoms with E-state index in [-0.39, 0.29) is 11.1 Å². The minimum Gasteiger partial charge on any atom is -0.478 e. The number of hydrogen-bond donors (Lipinski definition) is 1. The summed E-state index contributed by atoms with van der Waals surface area (Å²) in [4.78, 5) is 35.5. The van der Waals surface area contributed by atoms with E-state index in [1.54, 1.807) is 30.3 Å². The molecule has 5 heteroatoms. The Hall–Kier alpha value is -2.95. The fourth-order valence-electron chi connectivity index (χ4n) is 2.37. The lowest BCUT2D eigenvalue weighted by Gasteiger charge is -2.11. The van der Waals surface area contributed by atoms with Gasteiger partial charge in [-0.15, -0.1) is 0 Å². The second-order valence-corrected chi connectivity index (χ2v) is 4.59. The van der Waals surface area contributed by atoms with Crippen molar-refractivity contribution in [1.82, 2.24) is 0 Å². The molecule has 0 unspecified atom stereocenters. The van der Waals surface area contributed by atoms with Gasteiger partial charge in [0.2, 0.25) is 5.78 Å². The van der Waals surface area contributed by atoms with Gasteiger partial charge in [0.15, 0.2) is 6.10 Å². The molecule has 0 amide bonds. The quantitative estimate of drug-likeness (QED) is 0.691. The van der Waals surface area contributed by atoms with Crippen LogP contribution in [-0.2, 0) is 4.74 Å². The molecule has 2 aromatic rings. The smallest absolute Gasteiger partial charge is 0.339 e. The maximum absolute atomic E-state index is 12.5. The van der Waals surface area contributed by atoms with Crippen LogP contribution in [0.2, 0.25) is 0 Å². The Bertz CT molecular complexity index is 763. The Morgan fingerprint density at radius 3 is 2.29 bits per heavy atom. The van der Waals surface area contributed by atoms with Crippen LogP contribution in [0.3, 0.4) is 0 Å². The number of ketones is 1. The Kier molecular flexibility index (Phi) is 3.02. The first-order chi connectivity index (χ1) is 10.1. The number of ether oxygens (including phenoxy) is 1. The van der Waals surface area contributed by atoms with Crippen LogP contribution >= 0.6 is 0 Å². The van der Waals surface area contributed by atoms with E-state index in [1.165, 1.54) is 18.2 Å². The molecule has 3 rings (SSSR count). The predicted molar refractivity (Wildman–Crippen MR) is 72.3 cm³/mol. The SMILES string of the molecule is O=C(O)c1ccccc1C(=O)[C@H]1OC(=O)c2ccccc21. The number of cyclic esters (lactones) is 1. The highest BCUT2D eigenvalue weighted by molar-refractivity contribution is 6.11. The average molecular weight is 282 g/mol. The van der Waals surface area contributed by atoms with E-state index in [4.69, 9.17) is 9.84 Å². The van der Waals surface area contributed by atoms with Gasteiger partial charge in [0.1, 0.15) is 0 Å². The lowest BCUT2D eigenvalue weighted by Crippen LogP contribution is -2.16. The van der Waals surface area contributed by atoms with Crippen molar-refractivity contribution in [2.45, 2.75) is 6.10 Å². The first kappa shape index (κ1) is 13.1. The molecule has 2 aromatic carbocycles. The molecule has 21 heavy (non-hydrogen) atoms. The maximum Gasteiger partial charge on any atom is 0.339 e. The zero-order chi connectivity index (χ0) is 15.0. The van der Waals surface area contributed by atoms with Crippen molar-refractivity contribution < 1.29 is 24.2 Å². The second-order valence-electron chi connectivity index (χ2n) is 4.59. The van der Waals surface area contributed by atoms with Gasteiger partial charge in [0.05, 0.1) is 11.1 Å². The van der Waals surface area contributed by atoms with Gasteiger partial charge < -0.3 is 9.84 Å². The molecule has 0 bridgehead atoms. The van der Waals surface area contributed by atoms with Crippen molar-refractivity contribution in [1.29, 1.82) is 0 Å². The van der Waals surface area contributed by atoms with Crippen LogP contribution in [0.15, 0.2) is 48.5 Å². The number of Topliss-reactive ketones (excluding diaryl/α,β-unsaturated/α-hetero) is 1. The molecule has 0 spiro atoms. The summed E-state index contributed by atoms with van der Waals surface area (Å²) in [5.41, 5.74) is 0.721. The zero-order valence-corrected chi connectivity index (χ0v) is 10.8. The van der Waals surface area contributed by atoms with Gasteiger partial charge in [-0.05, 0) is 12.1 Å². The summed E-state index contributed by atoms with van der Waals surface area (Å²) in [6, 6.07) is 12.5. The van der Waals surface area contributed by atoms with Gasteiger partial charge in [-0.25, -0.2) is 9.59 Å². The highest BCUT2D eigenvalue weighted by Gasteiger charge is 2.37. The van der Waals surface area contributed by atoms with Crippen molar-refractivity contribution in [3.05, 3.63) is 70.8 Å². The molecular weight excluding hydrogens is 272 g/mol. The number of carboxylic acids is 1. The highest BCUT2D eigenvalue weighted by atomic mass is 16.6. The van der Waals surface area contributed by atoms with Gasteiger partial charge in [-0.3, -0.25) is 4.79 Å². The van der Waals surface area contributed by atoms with Gasteiger partial charge in [0, 0.05) is 11.1 Å². The first-order valence-corrected chi connectivity index (χ1v) is 6.26. The van der Waals surface area contributed by atoms with Gasteiger partial charge >= 0.3 is 11.9 Å². The molecule has 0 fully saturated rings. The molecule has 5 nitrogen and oxygen atoms in total. The third kappa shape index (κ3) is 2.08. The summed E-state index contributed by atoms with van der Waals surface area (Å²) >= 11 is 0. The van der Waals surface area contributed by atoms with Crippen molar-refractivity contribution >= 4 is 17.7 Å². The summed E-state index contributed by atoms with van der Waals surface area (Å²) in [6.07, 6.45) is -1.09. The largest absolute Gasteiger partial charge is 0.478 e. The number of carbonyl (C=O) groups is 3. The molecule has 1 aliphatic rings. The van der Waals surface area contributed by atoms with Crippen LogP contribution in [0.4, 0.5) is 0 Å². The fourth-order valence-corrected chi connectivity index (χ4v) is 2.37. The number of benzene rings is 2. The Labute approximate surface area is 119 Å². The van der Waals surface area contributed by atoms with Crippen molar-refractivity contribution in [3.63, 3.8) is 0 Å². The molecule has 1 heterocycles. The number of hydrogen-bond acceptors (Lipinski definition) is 4. The van der Waals surface area contributed by atoms with Crippen LogP contribution < -0.4 is 0 Å². The lowest BCUT2D eigenvalue weighted by molar-refractivity contribution is 0.0354. The average Bonchev–Trinajstić information content (AvgIpc) is 2.84. The predicted octanol–water partition coefficient (Wildman–Crippen LogP) is 2.48. The topological polar surface area (TPSA) is 80.7 Å². The molecular formula is C16H10O5. The number of rotatable bonds is 3.